The molecule has 114 valence electrons. The van der Waals surface area contributed by atoms with E-state index in [0.29, 0.717) is 0 Å². The molecule has 0 aliphatic heterocycles. The summed E-state index contributed by atoms with van der Waals surface area (Å²) >= 11 is 6.07. The molecule has 1 aliphatic carbocycles. The van der Waals surface area contributed by atoms with Gasteiger partial charge in [0.15, 0.2) is 0 Å². The molecule has 4 heteroatoms. The van der Waals surface area contributed by atoms with Crippen LogP contribution in [0.2, 0.25) is 5.02 Å². The summed E-state index contributed by atoms with van der Waals surface area (Å²) in [6, 6.07) is 7.91. The zero-order valence-electron chi connectivity index (χ0n) is 12.6. The van der Waals surface area contributed by atoms with Gasteiger partial charge in [-0.1, -0.05) is 31.4 Å². The van der Waals surface area contributed by atoms with Gasteiger partial charge in [0.1, 0.15) is 11.3 Å². The summed E-state index contributed by atoms with van der Waals surface area (Å²) in [5.41, 5.74) is 0.717. The first-order valence-corrected chi connectivity index (χ1v) is 8.04. The number of hydrogen-bond donors (Lipinski definition) is 1. The third-order valence-corrected chi connectivity index (χ3v) is 4.81. The second kappa shape index (κ2) is 5.99. The van der Waals surface area contributed by atoms with E-state index in [0.717, 1.165) is 41.1 Å². The Morgan fingerprint density at radius 2 is 2.10 bits per heavy atom. The van der Waals surface area contributed by atoms with Crippen LogP contribution in [0.4, 0.5) is 0 Å². The topological polar surface area (TPSA) is 34.4 Å². The molecular formula is C17H22ClNO2. The molecule has 3 nitrogen and oxygen atoms in total. The van der Waals surface area contributed by atoms with Gasteiger partial charge in [0, 0.05) is 17.5 Å². The number of benzene rings is 1. The second-order valence-electron chi connectivity index (χ2n) is 5.80. The highest BCUT2D eigenvalue weighted by molar-refractivity contribution is 6.31. The van der Waals surface area contributed by atoms with E-state index in [-0.39, 0.29) is 11.6 Å². The number of fused-ring (bicyclic) bond motifs is 1. The molecule has 3 rings (SSSR count). The SMILES string of the molecule is CCNC(c1cc2cc(Cl)ccc2o1)C1(OC)CCCC1. The Morgan fingerprint density at radius 1 is 1.33 bits per heavy atom. The molecule has 1 heterocycles. The fourth-order valence-corrected chi connectivity index (χ4v) is 3.69. The highest BCUT2D eigenvalue weighted by atomic mass is 35.5. The smallest absolute Gasteiger partial charge is 0.134 e. The van der Waals surface area contributed by atoms with Crippen LogP contribution in [0.15, 0.2) is 28.7 Å². The summed E-state index contributed by atoms with van der Waals surface area (Å²) in [6.45, 7) is 3.00. The minimum absolute atomic E-state index is 0.0844. The number of likely N-dealkylation sites (N-methyl/N-ethyl adjacent to an activating group) is 1. The van der Waals surface area contributed by atoms with Gasteiger partial charge in [-0.25, -0.2) is 0 Å². The van der Waals surface area contributed by atoms with Gasteiger partial charge in [-0.3, -0.25) is 0 Å². The average molecular weight is 308 g/mol. The number of rotatable bonds is 5. The molecular weight excluding hydrogens is 286 g/mol. The van der Waals surface area contributed by atoms with Gasteiger partial charge < -0.3 is 14.5 Å². The molecule has 0 radical (unpaired) electrons. The van der Waals surface area contributed by atoms with Crippen molar-refractivity contribution in [2.45, 2.75) is 44.2 Å². The highest BCUT2D eigenvalue weighted by Crippen LogP contribution is 2.43. The molecule has 1 aliphatic rings. The van der Waals surface area contributed by atoms with Gasteiger partial charge in [0.05, 0.1) is 11.6 Å². The van der Waals surface area contributed by atoms with Gasteiger partial charge in [-0.05, 0) is 43.7 Å². The summed E-state index contributed by atoms with van der Waals surface area (Å²) in [5.74, 6) is 0.942. The Morgan fingerprint density at radius 3 is 2.76 bits per heavy atom. The molecule has 0 amide bonds. The summed E-state index contributed by atoms with van der Waals surface area (Å²) in [7, 11) is 1.81. The van der Waals surface area contributed by atoms with Crippen molar-refractivity contribution in [1.29, 1.82) is 0 Å². The lowest BCUT2D eigenvalue weighted by atomic mass is 9.90. The number of hydrogen-bond acceptors (Lipinski definition) is 3. The van der Waals surface area contributed by atoms with E-state index >= 15 is 0 Å². The maximum Gasteiger partial charge on any atom is 0.134 e. The van der Waals surface area contributed by atoms with Crippen molar-refractivity contribution in [1.82, 2.24) is 5.32 Å². The van der Waals surface area contributed by atoms with E-state index in [9.17, 15) is 0 Å². The number of methoxy groups -OCH3 is 1. The van der Waals surface area contributed by atoms with Crippen LogP contribution in [-0.2, 0) is 4.74 Å². The molecule has 21 heavy (non-hydrogen) atoms. The van der Waals surface area contributed by atoms with Crippen LogP contribution in [0.25, 0.3) is 11.0 Å². The molecule has 1 N–H and O–H groups in total. The minimum Gasteiger partial charge on any atom is -0.459 e. The average Bonchev–Trinajstić information content (AvgIpc) is 3.11. The van der Waals surface area contributed by atoms with Crippen LogP contribution in [-0.4, -0.2) is 19.3 Å². The van der Waals surface area contributed by atoms with E-state index in [2.05, 4.69) is 18.3 Å². The molecule has 1 atom stereocenters. The molecule has 0 saturated heterocycles. The van der Waals surface area contributed by atoms with Gasteiger partial charge in [-0.2, -0.15) is 0 Å². The molecule has 0 spiro atoms. The number of furan rings is 1. The van der Waals surface area contributed by atoms with Gasteiger partial charge in [0.2, 0.25) is 0 Å². The lowest BCUT2D eigenvalue weighted by Gasteiger charge is -2.35. The highest BCUT2D eigenvalue weighted by Gasteiger charge is 2.43. The quantitative estimate of drug-likeness (QED) is 0.869. The monoisotopic (exact) mass is 307 g/mol. The van der Waals surface area contributed by atoms with E-state index < -0.39 is 0 Å². The third-order valence-electron chi connectivity index (χ3n) is 4.57. The first-order valence-electron chi connectivity index (χ1n) is 7.66. The molecule has 2 aromatic rings. The third kappa shape index (κ3) is 2.70. The minimum atomic E-state index is -0.159. The molecule has 1 aromatic carbocycles. The van der Waals surface area contributed by atoms with Crippen molar-refractivity contribution in [3.63, 3.8) is 0 Å². The van der Waals surface area contributed by atoms with Crippen LogP contribution in [0, 0.1) is 0 Å². The molecule has 1 fully saturated rings. The maximum atomic E-state index is 6.08. The predicted molar refractivity (Wildman–Crippen MR) is 85.8 cm³/mol. The Kier molecular flexibility index (Phi) is 4.25. The molecule has 0 bridgehead atoms. The predicted octanol–water partition coefficient (Wildman–Crippen LogP) is 4.70. The summed E-state index contributed by atoms with van der Waals surface area (Å²) in [6.07, 6.45) is 4.56. The summed E-state index contributed by atoms with van der Waals surface area (Å²) in [4.78, 5) is 0. The molecule has 1 unspecified atom stereocenters. The lowest BCUT2D eigenvalue weighted by molar-refractivity contribution is -0.0413. The fraction of sp³-hybridized carbons (Fsp3) is 0.529. The van der Waals surface area contributed by atoms with Crippen LogP contribution in [0.1, 0.15) is 44.4 Å². The number of nitrogens with one attached hydrogen (secondary N) is 1. The zero-order valence-corrected chi connectivity index (χ0v) is 13.4. The number of halogens is 1. The fourth-order valence-electron chi connectivity index (χ4n) is 3.51. The largest absolute Gasteiger partial charge is 0.459 e. The summed E-state index contributed by atoms with van der Waals surface area (Å²) < 4.78 is 12.0. The van der Waals surface area contributed by atoms with Crippen molar-refractivity contribution in [3.8, 4) is 0 Å². The molecule has 1 saturated carbocycles. The van der Waals surface area contributed by atoms with Crippen molar-refractivity contribution < 1.29 is 9.15 Å². The van der Waals surface area contributed by atoms with Crippen molar-refractivity contribution in [3.05, 3.63) is 35.0 Å². The van der Waals surface area contributed by atoms with Crippen molar-refractivity contribution >= 4 is 22.6 Å². The first kappa shape index (κ1) is 14.9. The normalized spacial score (nSPS) is 19.2. The van der Waals surface area contributed by atoms with Gasteiger partial charge in [0.25, 0.3) is 0 Å². The zero-order chi connectivity index (χ0) is 14.9. The maximum absolute atomic E-state index is 6.08. The van der Waals surface area contributed by atoms with Crippen LogP contribution in [0.3, 0.4) is 0 Å². The van der Waals surface area contributed by atoms with Crippen LogP contribution >= 0.6 is 11.6 Å². The van der Waals surface area contributed by atoms with Gasteiger partial charge >= 0.3 is 0 Å². The lowest BCUT2D eigenvalue weighted by Crippen LogP contribution is -2.43. The van der Waals surface area contributed by atoms with E-state index in [1.54, 1.807) is 0 Å². The Labute approximate surface area is 130 Å². The number of ether oxygens (including phenoxy) is 1. The Balaban J connectivity index is 2.02. The van der Waals surface area contributed by atoms with Crippen molar-refractivity contribution in [2.75, 3.05) is 13.7 Å². The second-order valence-corrected chi connectivity index (χ2v) is 6.23. The standard InChI is InChI=1S/C17H22ClNO2/c1-3-19-16(17(20-2)8-4-5-9-17)15-11-12-10-13(18)6-7-14(12)21-15/h6-7,10-11,16,19H,3-5,8-9H2,1-2H3. The van der Waals surface area contributed by atoms with Gasteiger partial charge in [-0.15, -0.1) is 0 Å². The van der Waals surface area contributed by atoms with E-state index in [1.807, 2.05) is 25.3 Å². The van der Waals surface area contributed by atoms with E-state index in [1.165, 1.54) is 12.8 Å². The van der Waals surface area contributed by atoms with E-state index in [4.69, 9.17) is 20.8 Å². The van der Waals surface area contributed by atoms with Crippen LogP contribution < -0.4 is 5.32 Å². The Hall–Kier alpha value is -1.03. The first-order chi connectivity index (χ1) is 10.2. The molecule has 1 aromatic heterocycles. The summed E-state index contributed by atoms with van der Waals surface area (Å²) in [5, 5.41) is 5.34. The van der Waals surface area contributed by atoms with Crippen molar-refractivity contribution in [2.24, 2.45) is 0 Å². The Bertz CT molecular complexity index is 616. The van der Waals surface area contributed by atoms with Crippen LogP contribution in [0.5, 0.6) is 0 Å².